The third kappa shape index (κ3) is 5.76. The standard InChI is InChI=1S/C10H20F3N3O/c1-4-5-9(2,3)15-6-7(8(14)16-17)10(11,12)13/h7,15,17H,4-6H2,1-3H3,(H2,14,16). The Labute approximate surface area is 99.1 Å². The fourth-order valence-corrected chi connectivity index (χ4v) is 1.55. The minimum absolute atomic E-state index is 0.396. The zero-order chi connectivity index (χ0) is 13.7. The summed E-state index contributed by atoms with van der Waals surface area (Å²) in [5, 5.41) is 13.6. The fourth-order valence-electron chi connectivity index (χ4n) is 1.55. The molecule has 7 heteroatoms. The van der Waals surface area contributed by atoms with E-state index in [0.29, 0.717) is 0 Å². The number of nitrogens with zero attached hydrogens (tertiary/aromatic N) is 1. The van der Waals surface area contributed by atoms with Crippen LogP contribution in [0.5, 0.6) is 0 Å². The van der Waals surface area contributed by atoms with Crippen molar-refractivity contribution in [3.05, 3.63) is 0 Å². The molecule has 0 saturated carbocycles. The first-order valence-corrected chi connectivity index (χ1v) is 5.43. The molecule has 4 nitrogen and oxygen atoms in total. The number of alkyl halides is 3. The first-order valence-electron chi connectivity index (χ1n) is 5.43. The van der Waals surface area contributed by atoms with Gasteiger partial charge in [-0.1, -0.05) is 18.5 Å². The Morgan fingerprint density at radius 1 is 1.41 bits per heavy atom. The number of hydrogen-bond acceptors (Lipinski definition) is 3. The molecule has 0 saturated heterocycles. The maximum atomic E-state index is 12.6. The second kappa shape index (κ2) is 6.09. The van der Waals surface area contributed by atoms with E-state index in [0.717, 1.165) is 12.8 Å². The second-order valence-corrected chi connectivity index (χ2v) is 4.63. The van der Waals surface area contributed by atoms with Gasteiger partial charge in [-0.05, 0) is 20.3 Å². The molecule has 17 heavy (non-hydrogen) atoms. The highest BCUT2D eigenvalue weighted by molar-refractivity contribution is 5.83. The normalized spacial score (nSPS) is 16.0. The van der Waals surface area contributed by atoms with E-state index in [1.165, 1.54) is 0 Å². The average molecular weight is 255 g/mol. The molecule has 0 aliphatic carbocycles. The van der Waals surface area contributed by atoms with Crippen LogP contribution in [0.3, 0.4) is 0 Å². The zero-order valence-electron chi connectivity index (χ0n) is 10.3. The molecule has 0 aromatic heterocycles. The summed E-state index contributed by atoms with van der Waals surface area (Å²) >= 11 is 0. The first kappa shape index (κ1) is 16.0. The third-order valence-corrected chi connectivity index (χ3v) is 2.53. The van der Waals surface area contributed by atoms with Gasteiger partial charge >= 0.3 is 6.18 Å². The van der Waals surface area contributed by atoms with Crippen LogP contribution in [0.2, 0.25) is 0 Å². The molecule has 0 radical (unpaired) electrons. The van der Waals surface area contributed by atoms with Crippen LogP contribution >= 0.6 is 0 Å². The highest BCUT2D eigenvalue weighted by Crippen LogP contribution is 2.26. The van der Waals surface area contributed by atoms with Crippen LogP contribution in [0, 0.1) is 5.92 Å². The number of rotatable bonds is 6. The Kier molecular flexibility index (Phi) is 5.74. The van der Waals surface area contributed by atoms with Crippen molar-refractivity contribution in [1.29, 1.82) is 0 Å². The van der Waals surface area contributed by atoms with Gasteiger partial charge in [0.2, 0.25) is 0 Å². The molecule has 0 aliphatic heterocycles. The van der Waals surface area contributed by atoms with Crippen molar-refractivity contribution in [2.24, 2.45) is 16.8 Å². The maximum Gasteiger partial charge on any atom is 0.400 e. The summed E-state index contributed by atoms with van der Waals surface area (Å²) in [5.41, 5.74) is 4.64. The van der Waals surface area contributed by atoms with Crippen LogP contribution in [0.25, 0.3) is 0 Å². The lowest BCUT2D eigenvalue weighted by atomic mass is 9.97. The van der Waals surface area contributed by atoms with E-state index in [2.05, 4.69) is 10.5 Å². The number of amidine groups is 1. The molecule has 0 amide bonds. The van der Waals surface area contributed by atoms with E-state index in [9.17, 15) is 13.2 Å². The van der Waals surface area contributed by atoms with E-state index in [1.807, 2.05) is 20.8 Å². The molecule has 0 spiro atoms. The summed E-state index contributed by atoms with van der Waals surface area (Å²) in [5.74, 6) is -2.79. The van der Waals surface area contributed by atoms with Crippen LogP contribution < -0.4 is 11.1 Å². The van der Waals surface area contributed by atoms with Gasteiger partial charge in [0.25, 0.3) is 0 Å². The Bertz CT molecular complexity index is 264. The zero-order valence-corrected chi connectivity index (χ0v) is 10.3. The molecule has 4 N–H and O–H groups in total. The monoisotopic (exact) mass is 255 g/mol. The van der Waals surface area contributed by atoms with Crippen LogP contribution in [-0.2, 0) is 0 Å². The highest BCUT2D eigenvalue weighted by atomic mass is 19.4. The summed E-state index contributed by atoms with van der Waals surface area (Å²) < 4.78 is 37.8. The van der Waals surface area contributed by atoms with Crippen molar-refractivity contribution in [3.8, 4) is 0 Å². The predicted molar refractivity (Wildman–Crippen MR) is 59.9 cm³/mol. The summed E-state index contributed by atoms with van der Waals surface area (Å²) in [4.78, 5) is 0. The molecule has 0 aromatic rings. The summed E-state index contributed by atoms with van der Waals surface area (Å²) in [6.45, 7) is 5.19. The lowest BCUT2D eigenvalue weighted by Crippen LogP contribution is -2.49. The van der Waals surface area contributed by atoms with Gasteiger partial charge in [0.05, 0.1) is 0 Å². The number of nitrogens with two attached hydrogens (primary N) is 1. The molecular weight excluding hydrogens is 235 g/mol. The van der Waals surface area contributed by atoms with Crippen molar-refractivity contribution in [1.82, 2.24) is 5.32 Å². The predicted octanol–water partition coefficient (Wildman–Crippen LogP) is 2.08. The Hall–Kier alpha value is -0.980. The van der Waals surface area contributed by atoms with Crippen LogP contribution in [0.1, 0.15) is 33.6 Å². The van der Waals surface area contributed by atoms with Gasteiger partial charge in [-0.2, -0.15) is 13.2 Å². The Morgan fingerprint density at radius 3 is 2.29 bits per heavy atom. The van der Waals surface area contributed by atoms with Gasteiger partial charge in [0.15, 0.2) is 5.84 Å². The lowest BCUT2D eigenvalue weighted by molar-refractivity contribution is -0.155. The first-order chi connectivity index (χ1) is 7.64. The smallest absolute Gasteiger partial charge is 0.400 e. The summed E-state index contributed by atoms with van der Waals surface area (Å²) in [6, 6.07) is 0. The van der Waals surface area contributed by atoms with Crippen LogP contribution in [-0.4, -0.2) is 29.3 Å². The van der Waals surface area contributed by atoms with Crippen molar-refractivity contribution < 1.29 is 18.4 Å². The van der Waals surface area contributed by atoms with Gasteiger partial charge in [0.1, 0.15) is 5.92 Å². The van der Waals surface area contributed by atoms with Crippen LogP contribution in [0.15, 0.2) is 5.16 Å². The molecule has 0 rings (SSSR count). The topological polar surface area (TPSA) is 70.6 Å². The minimum Gasteiger partial charge on any atom is -0.409 e. The molecule has 0 fully saturated rings. The number of hydrogen-bond donors (Lipinski definition) is 3. The molecule has 0 aromatic carbocycles. The van der Waals surface area contributed by atoms with Crippen molar-refractivity contribution >= 4 is 5.84 Å². The van der Waals surface area contributed by atoms with E-state index in [4.69, 9.17) is 10.9 Å². The fraction of sp³-hybridized carbons (Fsp3) is 0.900. The Morgan fingerprint density at radius 2 is 1.94 bits per heavy atom. The van der Waals surface area contributed by atoms with E-state index in [-0.39, 0.29) is 0 Å². The van der Waals surface area contributed by atoms with Gasteiger partial charge in [-0.25, -0.2) is 0 Å². The molecule has 0 aliphatic rings. The molecule has 1 atom stereocenters. The quantitative estimate of drug-likeness (QED) is 0.294. The number of oxime groups is 1. The van der Waals surface area contributed by atoms with Crippen molar-refractivity contribution in [2.45, 2.75) is 45.3 Å². The molecule has 0 heterocycles. The molecule has 0 bridgehead atoms. The SMILES string of the molecule is CCCC(C)(C)NCC(C(N)=NO)C(F)(F)F. The lowest BCUT2D eigenvalue weighted by Gasteiger charge is -2.29. The van der Waals surface area contributed by atoms with Gasteiger partial charge in [-0.3, -0.25) is 0 Å². The minimum atomic E-state index is -4.52. The summed E-state index contributed by atoms with van der Waals surface area (Å²) in [6.07, 6.45) is -2.92. The molecular formula is C10H20F3N3O. The van der Waals surface area contributed by atoms with E-state index >= 15 is 0 Å². The van der Waals surface area contributed by atoms with Crippen LogP contribution in [0.4, 0.5) is 13.2 Å². The number of nitrogens with one attached hydrogen (secondary N) is 1. The molecule has 1 unspecified atom stereocenters. The van der Waals surface area contributed by atoms with E-state index in [1.54, 1.807) is 0 Å². The van der Waals surface area contributed by atoms with Gasteiger partial charge < -0.3 is 16.3 Å². The maximum absolute atomic E-state index is 12.6. The van der Waals surface area contributed by atoms with Crippen molar-refractivity contribution in [2.75, 3.05) is 6.54 Å². The second-order valence-electron chi connectivity index (χ2n) is 4.63. The van der Waals surface area contributed by atoms with E-state index < -0.39 is 30.0 Å². The van der Waals surface area contributed by atoms with Crippen molar-refractivity contribution in [3.63, 3.8) is 0 Å². The Balaban J connectivity index is 4.58. The van der Waals surface area contributed by atoms with Gasteiger partial charge in [0, 0.05) is 12.1 Å². The summed E-state index contributed by atoms with van der Waals surface area (Å²) in [7, 11) is 0. The largest absolute Gasteiger partial charge is 0.409 e. The van der Waals surface area contributed by atoms with Gasteiger partial charge in [-0.15, -0.1) is 0 Å². The number of halogens is 3. The third-order valence-electron chi connectivity index (χ3n) is 2.53. The highest BCUT2D eigenvalue weighted by Gasteiger charge is 2.43. The average Bonchev–Trinajstić information content (AvgIpc) is 2.15. The molecule has 102 valence electrons.